The van der Waals surface area contributed by atoms with Gasteiger partial charge in [0.25, 0.3) is 0 Å². The molecule has 0 radical (unpaired) electrons. The lowest BCUT2D eigenvalue weighted by Gasteiger charge is -2.15. The van der Waals surface area contributed by atoms with Crippen molar-refractivity contribution in [2.75, 3.05) is 0 Å². The van der Waals surface area contributed by atoms with Crippen LogP contribution in [0.2, 0.25) is 0 Å². The van der Waals surface area contributed by atoms with Crippen LogP contribution >= 0.6 is 0 Å². The highest BCUT2D eigenvalue weighted by atomic mass is 14.8. The van der Waals surface area contributed by atoms with Gasteiger partial charge in [0.2, 0.25) is 0 Å². The fourth-order valence-electron chi connectivity index (χ4n) is 7.24. The molecule has 1 heterocycles. The lowest BCUT2D eigenvalue weighted by molar-refractivity contribution is 0.930. The molecule has 0 fully saturated rings. The lowest BCUT2D eigenvalue weighted by atomic mass is 9.87. The highest BCUT2D eigenvalue weighted by Crippen LogP contribution is 2.60. The van der Waals surface area contributed by atoms with E-state index in [9.17, 15) is 0 Å². The second kappa shape index (κ2) is 7.88. The Balaban J connectivity index is 1.45. The first-order chi connectivity index (χ1) is 19.4. The second-order valence-electron chi connectivity index (χ2n) is 10.9. The van der Waals surface area contributed by atoms with Crippen molar-refractivity contribution in [2.45, 2.75) is 19.3 Å². The first-order valence-corrected chi connectivity index (χ1v) is 13.9. The zero-order valence-electron chi connectivity index (χ0n) is 21.5. The molecule has 0 N–H and O–H groups in total. The average molecular weight is 496 g/mol. The van der Waals surface area contributed by atoms with Crippen molar-refractivity contribution in [1.29, 1.82) is 0 Å². The molecular formula is C38H25N. The molecule has 1 heteroatoms. The van der Waals surface area contributed by atoms with E-state index in [1.165, 1.54) is 88.6 Å². The Morgan fingerprint density at radius 2 is 1.15 bits per heavy atom. The molecule has 4 aliphatic rings. The molecule has 0 aromatic heterocycles. The van der Waals surface area contributed by atoms with Gasteiger partial charge in [-0.25, -0.2) is 0 Å². The molecule has 0 bridgehead atoms. The van der Waals surface area contributed by atoms with Crippen LogP contribution < -0.4 is 0 Å². The van der Waals surface area contributed by atoms with E-state index < -0.39 is 0 Å². The Morgan fingerprint density at radius 1 is 0.538 bits per heavy atom. The first-order valence-electron chi connectivity index (χ1n) is 13.9. The van der Waals surface area contributed by atoms with E-state index in [0.29, 0.717) is 0 Å². The van der Waals surface area contributed by atoms with Gasteiger partial charge in [-0.05, 0) is 85.0 Å². The van der Waals surface area contributed by atoms with E-state index >= 15 is 0 Å². The molecular weight excluding hydrogens is 470 g/mol. The van der Waals surface area contributed by atoms with Crippen LogP contribution in [-0.4, -0.2) is 5.71 Å². The minimum atomic E-state index is 0.942. The van der Waals surface area contributed by atoms with Gasteiger partial charge in [-0.2, -0.15) is 0 Å². The Kier molecular flexibility index (Phi) is 4.29. The third-order valence-corrected chi connectivity index (χ3v) is 8.88. The summed E-state index contributed by atoms with van der Waals surface area (Å²) in [4.78, 5) is 5.32. The maximum absolute atomic E-state index is 5.32. The molecule has 0 atom stereocenters. The number of hydrogen-bond donors (Lipinski definition) is 0. The van der Waals surface area contributed by atoms with E-state index in [-0.39, 0.29) is 0 Å². The minimum absolute atomic E-state index is 0.942. The quantitative estimate of drug-likeness (QED) is 0.231. The first kappa shape index (κ1) is 21.2. The molecule has 3 aliphatic carbocycles. The van der Waals surface area contributed by atoms with Crippen LogP contribution in [0.25, 0.3) is 43.8 Å². The Morgan fingerprint density at radius 3 is 1.85 bits per heavy atom. The van der Waals surface area contributed by atoms with Gasteiger partial charge in [0.15, 0.2) is 0 Å². The van der Waals surface area contributed by atoms with E-state index in [4.69, 9.17) is 4.99 Å². The molecule has 1 nitrogen and oxygen atoms in total. The summed E-state index contributed by atoms with van der Waals surface area (Å²) in [5, 5.41) is 5.20. The van der Waals surface area contributed by atoms with Gasteiger partial charge in [0.05, 0.1) is 11.4 Å². The van der Waals surface area contributed by atoms with Crippen molar-refractivity contribution in [1.82, 2.24) is 0 Å². The summed E-state index contributed by atoms with van der Waals surface area (Å²) >= 11 is 0. The monoisotopic (exact) mass is 495 g/mol. The predicted octanol–water partition coefficient (Wildman–Crippen LogP) is 9.64. The average Bonchev–Trinajstić information content (AvgIpc) is 3.67. The van der Waals surface area contributed by atoms with Gasteiger partial charge in [-0.15, -0.1) is 0 Å². The van der Waals surface area contributed by atoms with Crippen LogP contribution in [0.15, 0.2) is 132 Å². The Labute approximate surface area is 227 Å². The molecule has 0 spiro atoms. The topological polar surface area (TPSA) is 12.4 Å². The minimum Gasteiger partial charge on any atom is -0.253 e. The molecule has 39 heavy (non-hydrogen) atoms. The summed E-state index contributed by atoms with van der Waals surface area (Å²) in [6.45, 7) is 0. The predicted molar refractivity (Wildman–Crippen MR) is 165 cm³/mol. The number of hydrogen-bond acceptors (Lipinski definition) is 1. The van der Waals surface area contributed by atoms with E-state index in [2.05, 4.69) is 115 Å². The molecule has 0 unspecified atom stereocenters. The van der Waals surface area contributed by atoms with Crippen LogP contribution in [0.1, 0.15) is 47.1 Å². The third kappa shape index (κ3) is 2.88. The summed E-state index contributed by atoms with van der Waals surface area (Å²) in [5.41, 5.74) is 16.0. The Bertz CT molecular complexity index is 2060. The molecule has 0 saturated heterocycles. The van der Waals surface area contributed by atoms with Gasteiger partial charge < -0.3 is 0 Å². The SMILES string of the molecule is C1=CC2=C(CC1)CC(C1=C3C(=C(c4ccccc4)c4c3ccc3ccccc43)c3ccc4ccccc4c31)=N2. The van der Waals surface area contributed by atoms with E-state index in [0.717, 1.165) is 19.3 Å². The number of rotatable bonds is 2. The summed E-state index contributed by atoms with van der Waals surface area (Å²) in [7, 11) is 0. The van der Waals surface area contributed by atoms with Crippen molar-refractivity contribution in [3.63, 3.8) is 0 Å². The molecule has 5 aromatic carbocycles. The van der Waals surface area contributed by atoms with Crippen molar-refractivity contribution < 1.29 is 0 Å². The Hall–Kier alpha value is -4.75. The zero-order chi connectivity index (χ0) is 25.5. The molecule has 0 amide bonds. The van der Waals surface area contributed by atoms with E-state index in [1.807, 2.05) is 0 Å². The number of fused-ring (bicyclic) bond motifs is 9. The van der Waals surface area contributed by atoms with Crippen molar-refractivity contribution >= 4 is 49.5 Å². The van der Waals surface area contributed by atoms with Crippen LogP contribution in [0.4, 0.5) is 0 Å². The van der Waals surface area contributed by atoms with Gasteiger partial charge in [-0.3, -0.25) is 4.99 Å². The summed E-state index contributed by atoms with van der Waals surface area (Å²) < 4.78 is 0. The second-order valence-corrected chi connectivity index (χ2v) is 10.9. The zero-order valence-corrected chi connectivity index (χ0v) is 21.5. The van der Waals surface area contributed by atoms with Crippen LogP contribution in [0.5, 0.6) is 0 Å². The fraction of sp³-hybridized carbons (Fsp3) is 0.0789. The lowest BCUT2D eigenvalue weighted by Crippen LogP contribution is -2.02. The van der Waals surface area contributed by atoms with Crippen LogP contribution in [0, 0.1) is 0 Å². The van der Waals surface area contributed by atoms with Gasteiger partial charge >= 0.3 is 0 Å². The van der Waals surface area contributed by atoms with Crippen LogP contribution in [0.3, 0.4) is 0 Å². The van der Waals surface area contributed by atoms with Crippen molar-refractivity contribution in [2.24, 2.45) is 4.99 Å². The number of aliphatic imine (C=N–C) groups is 1. The standard InChI is InChI=1S/C38H25N/c1-2-12-25(13-3-1)33-34-27-15-7-4-10-23(27)18-20-29(34)37-36(33)30-21-19-24-11-5-8-16-28(24)35(30)38(37)32-22-26-14-6-9-17-31(26)39-32/h1-5,7-13,15-21H,6,14,22H2. The summed E-state index contributed by atoms with van der Waals surface area (Å²) in [6, 6.07) is 38.0. The molecule has 182 valence electrons. The molecule has 9 rings (SSSR count). The van der Waals surface area contributed by atoms with Gasteiger partial charge in [-0.1, -0.05) is 109 Å². The summed E-state index contributed by atoms with van der Waals surface area (Å²) in [6.07, 6.45) is 7.68. The van der Waals surface area contributed by atoms with E-state index in [1.54, 1.807) is 0 Å². The van der Waals surface area contributed by atoms with Gasteiger partial charge in [0.1, 0.15) is 0 Å². The number of benzene rings is 5. The number of nitrogens with zero attached hydrogens (tertiary/aromatic N) is 1. The molecule has 5 aromatic rings. The molecule has 0 saturated carbocycles. The largest absolute Gasteiger partial charge is 0.253 e. The molecule has 1 aliphatic heterocycles. The maximum Gasteiger partial charge on any atom is 0.0626 e. The highest BCUT2D eigenvalue weighted by Gasteiger charge is 2.40. The number of allylic oxidation sites excluding steroid dienone is 6. The van der Waals surface area contributed by atoms with Crippen molar-refractivity contribution in [3.05, 3.63) is 154 Å². The normalized spacial score (nSPS) is 17.2. The smallest absolute Gasteiger partial charge is 0.0626 e. The van der Waals surface area contributed by atoms with Gasteiger partial charge in [0, 0.05) is 17.6 Å². The summed E-state index contributed by atoms with van der Waals surface area (Å²) in [5.74, 6) is 0. The van der Waals surface area contributed by atoms with Crippen molar-refractivity contribution in [3.8, 4) is 0 Å². The fourth-order valence-corrected chi connectivity index (χ4v) is 7.24. The third-order valence-electron chi connectivity index (χ3n) is 8.88. The van der Waals surface area contributed by atoms with Crippen LogP contribution in [-0.2, 0) is 0 Å². The highest BCUT2D eigenvalue weighted by molar-refractivity contribution is 6.48. The maximum atomic E-state index is 5.32.